The number of hydrogen-bond acceptors (Lipinski definition) is 4. The summed E-state index contributed by atoms with van der Waals surface area (Å²) in [7, 11) is 0. The summed E-state index contributed by atoms with van der Waals surface area (Å²) in [6.45, 7) is 5.55. The molecule has 5 rings (SSSR count). The molecule has 1 aliphatic heterocycles. The van der Waals surface area contributed by atoms with E-state index in [0.717, 1.165) is 53.2 Å². The number of nitrogens with zero attached hydrogens (tertiary/aromatic N) is 2. The Morgan fingerprint density at radius 2 is 1.97 bits per heavy atom. The normalized spacial score (nSPS) is 18.5. The second kappa shape index (κ2) is 8.12. The lowest BCUT2D eigenvalue weighted by atomic mass is 9.90. The second-order valence-electron chi connectivity index (χ2n) is 8.67. The summed E-state index contributed by atoms with van der Waals surface area (Å²) in [5.74, 6) is 0.0345. The summed E-state index contributed by atoms with van der Waals surface area (Å²) in [4.78, 5) is 20.4. The van der Waals surface area contributed by atoms with Crippen LogP contribution in [0.3, 0.4) is 0 Å². The highest BCUT2D eigenvalue weighted by Crippen LogP contribution is 2.34. The van der Waals surface area contributed by atoms with Gasteiger partial charge < -0.3 is 4.74 Å². The number of thiazole rings is 1. The van der Waals surface area contributed by atoms with Crippen LogP contribution in [0.1, 0.15) is 58.3 Å². The molecule has 1 atom stereocenters. The van der Waals surface area contributed by atoms with Gasteiger partial charge in [0.25, 0.3) is 5.91 Å². The SMILES string of the molecule is Cc1cc(C)c2sc(N(C[C@@H]3CCCO3)C(=O)c3ccc4c(c3)CCCC4)nc2c1. The zero-order chi connectivity index (χ0) is 20.7. The van der Waals surface area contributed by atoms with E-state index < -0.39 is 0 Å². The van der Waals surface area contributed by atoms with Crippen LogP contribution in [0.25, 0.3) is 10.2 Å². The van der Waals surface area contributed by atoms with Gasteiger partial charge in [-0.2, -0.15) is 0 Å². The maximum Gasteiger partial charge on any atom is 0.260 e. The molecule has 0 unspecified atom stereocenters. The molecule has 156 valence electrons. The van der Waals surface area contributed by atoms with E-state index in [1.165, 1.54) is 35.1 Å². The molecule has 0 saturated carbocycles. The van der Waals surface area contributed by atoms with Crippen molar-refractivity contribution in [3.63, 3.8) is 0 Å². The molecule has 5 heteroatoms. The summed E-state index contributed by atoms with van der Waals surface area (Å²) in [6, 6.07) is 10.5. The molecule has 0 N–H and O–H groups in total. The molecule has 0 radical (unpaired) electrons. The Morgan fingerprint density at radius 1 is 1.13 bits per heavy atom. The highest BCUT2D eigenvalue weighted by molar-refractivity contribution is 7.22. The van der Waals surface area contributed by atoms with Crippen molar-refractivity contribution in [1.29, 1.82) is 0 Å². The molecular formula is C25H28N2O2S. The highest BCUT2D eigenvalue weighted by Gasteiger charge is 2.28. The first-order valence-electron chi connectivity index (χ1n) is 11.0. The standard InChI is InChI=1S/C25H28N2O2S/c1-16-12-17(2)23-22(13-16)26-25(30-23)27(15-21-8-5-11-29-21)24(28)20-10-9-18-6-3-4-7-19(18)14-20/h9-10,12-14,21H,3-8,11,15H2,1-2H3/t21-/m0/s1. The minimum Gasteiger partial charge on any atom is -0.376 e. The van der Waals surface area contributed by atoms with Crippen molar-refractivity contribution in [2.24, 2.45) is 0 Å². The number of aromatic nitrogens is 1. The van der Waals surface area contributed by atoms with E-state index in [0.29, 0.717) is 6.54 Å². The molecule has 4 nitrogen and oxygen atoms in total. The van der Waals surface area contributed by atoms with Gasteiger partial charge >= 0.3 is 0 Å². The molecule has 0 spiro atoms. The van der Waals surface area contributed by atoms with Crippen LogP contribution in [0.15, 0.2) is 30.3 Å². The summed E-state index contributed by atoms with van der Waals surface area (Å²) < 4.78 is 7.04. The van der Waals surface area contributed by atoms with Gasteiger partial charge in [-0.25, -0.2) is 4.98 Å². The number of amides is 1. The number of anilines is 1. The number of carbonyl (C=O) groups excluding carboxylic acids is 1. The molecule has 1 aliphatic carbocycles. The monoisotopic (exact) mass is 420 g/mol. The summed E-state index contributed by atoms with van der Waals surface area (Å²) in [6.07, 6.45) is 6.79. The number of carbonyl (C=O) groups is 1. The second-order valence-corrected chi connectivity index (χ2v) is 9.65. The van der Waals surface area contributed by atoms with Crippen LogP contribution < -0.4 is 4.90 Å². The van der Waals surface area contributed by atoms with E-state index in [1.807, 2.05) is 11.0 Å². The average molecular weight is 421 g/mol. The Balaban J connectivity index is 1.53. The molecule has 2 heterocycles. The zero-order valence-electron chi connectivity index (χ0n) is 17.7. The fraction of sp³-hybridized carbons (Fsp3) is 0.440. The van der Waals surface area contributed by atoms with E-state index in [9.17, 15) is 4.79 Å². The number of ether oxygens (including phenoxy) is 1. The third-order valence-corrected chi connectivity index (χ3v) is 7.52. The minimum absolute atomic E-state index is 0.0345. The van der Waals surface area contributed by atoms with Crippen molar-refractivity contribution in [3.8, 4) is 0 Å². The molecule has 1 aromatic heterocycles. The van der Waals surface area contributed by atoms with Crippen molar-refractivity contribution in [2.45, 2.75) is 58.5 Å². The lowest BCUT2D eigenvalue weighted by Gasteiger charge is -2.24. The van der Waals surface area contributed by atoms with E-state index >= 15 is 0 Å². The van der Waals surface area contributed by atoms with Gasteiger partial charge in [0.1, 0.15) is 0 Å². The van der Waals surface area contributed by atoms with Gasteiger partial charge in [0.15, 0.2) is 5.13 Å². The Morgan fingerprint density at radius 3 is 2.77 bits per heavy atom. The number of hydrogen-bond donors (Lipinski definition) is 0. The molecule has 2 aromatic carbocycles. The van der Waals surface area contributed by atoms with Crippen molar-refractivity contribution in [3.05, 3.63) is 58.1 Å². The van der Waals surface area contributed by atoms with Gasteiger partial charge in [0.2, 0.25) is 0 Å². The highest BCUT2D eigenvalue weighted by atomic mass is 32.1. The molecule has 1 fully saturated rings. The van der Waals surface area contributed by atoms with Crippen molar-refractivity contribution < 1.29 is 9.53 Å². The number of rotatable bonds is 4. The Bertz CT molecular complexity index is 1100. The van der Waals surface area contributed by atoms with Crippen LogP contribution in [0.5, 0.6) is 0 Å². The number of fused-ring (bicyclic) bond motifs is 2. The van der Waals surface area contributed by atoms with Gasteiger partial charge in [-0.05, 0) is 92.8 Å². The van der Waals surface area contributed by atoms with Gasteiger partial charge in [-0.1, -0.05) is 23.5 Å². The fourth-order valence-electron chi connectivity index (χ4n) is 4.74. The van der Waals surface area contributed by atoms with Crippen LogP contribution in [0, 0.1) is 13.8 Å². The van der Waals surface area contributed by atoms with Crippen LogP contribution >= 0.6 is 11.3 Å². The Kier molecular flexibility index (Phi) is 5.34. The van der Waals surface area contributed by atoms with Crippen LogP contribution in [0.4, 0.5) is 5.13 Å². The predicted octanol–water partition coefficient (Wildman–Crippen LogP) is 5.62. The molecular weight excluding hydrogens is 392 g/mol. The topological polar surface area (TPSA) is 42.4 Å². The molecule has 1 amide bonds. The van der Waals surface area contributed by atoms with Gasteiger partial charge in [0, 0.05) is 12.2 Å². The third-order valence-electron chi connectivity index (χ3n) is 6.29. The van der Waals surface area contributed by atoms with Gasteiger partial charge in [0.05, 0.1) is 22.9 Å². The minimum atomic E-state index is 0.0345. The van der Waals surface area contributed by atoms with E-state index in [1.54, 1.807) is 11.3 Å². The van der Waals surface area contributed by atoms with E-state index in [-0.39, 0.29) is 12.0 Å². The largest absolute Gasteiger partial charge is 0.376 e. The predicted molar refractivity (Wildman–Crippen MR) is 123 cm³/mol. The summed E-state index contributed by atoms with van der Waals surface area (Å²) in [5.41, 5.74) is 6.88. The van der Waals surface area contributed by atoms with Crippen LogP contribution in [-0.2, 0) is 17.6 Å². The van der Waals surface area contributed by atoms with Crippen molar-refractivity contribution in [1.82, 2.24) is 4.98 Å². The van der Waals surface area contributed by atoms with E-state index in [2.05, 4.69) is 38.1 Å². The first-order chi connectivity index (χ1) is 14.6. The maximum atomic E-state index is 13.7. The fourth-order valence-corrected chi connectivity index (χ4v) is 5.77. The first kappa shape index (κ1) is 19.7. The smallest absolute Gasteiger partial charge is 0.260 e. The number of benzene rings is 2. The molecule has 30 heavy (non-hydrogen) atoms. The molecule has 2 aliphatic rings. The number of aryl methyl sites for hydroxylation is 4. The van der Waals surface area contributed by atoms with Crippen LogP contribution in [-0.4, -0.2) is 30.1 Å². The van der Waals surface area contributed by atoms with E-state index in [4.69, 9.17) is 9.72 Å². The molecule has 3 aromatic rings. The molecule has 1 saturated heterocycles. The van der Waals surface area contributed by atoms with Crippen molar-refractivity contribution in [2.75, 3.05) is 18.1 Å². The zero-order valence-corrected chi connectivity index (χ0v) is 18.6. The van der Waals surface area contributed by atoms with Gasteiger partial charge in [-0.15, -0.1) is 0 Å². The molecule has 0 bridgehead atoms. The Labute approximate surface area is 181 Å². The van der Waals surface area contributed by atoms with Gasteiger partial charge in [-0.3, -0.25) is 9.69 Å². The Hall–Kier alpha value is -2.24. The lowest BCUT2D eigenvalue weighted by molar-refractivity contribution is 0.0917. The van der Waals surface area contributed by atoms with Crippen LogP contribution in [0.2, 0.25) is 0 Å². The van der Waals surface area contributed by atoms with Crippen molar-refractivity contribution >= 4 is 32.6 Å². The first-order valence-corrected chi connectivity index (χ1v) is 11.8. The summed E-state index contributed by atoms with van der Waals surface area (Å²) >= 11 is 1.61. The quantitative estimate of drug-likeness (QED) is 0.550. The third kappa shape index (κ3) is 3.77. The lowest BCUT2D eigenvalue weighted by Crippen LogP contribution is -2.37. The maximum absolute atomic E-state index is 13.7. The average Bonchev–Trinajstić information content (AvgIpc) is 3.41. The summed E-state index contributed by atoms with van der Waals surface area (Å²) in [5, 5.41) is 0.775.